The summed E-state index contributed by atoms with van der Waals surface area (Å²) in [4.78, 5) is 12.7. The largest absolute Gasteiger partial charge is 0.456 e. The first-order chi connectivity index (χ1) is 17.5. The van der Waals surface area contributed by atoms with Crippen molar-refractivity contribution in [2.24, 2.45) is 0 Å². The predicted molar refractivity (Wildman–Crippen MR) is 139 cm³/mol. The lowest BCUT2D eigenvalue weighted by Gasteiger charge is -2.12. The van der Waals surface area contributed by atoms with E-state index in [0.717, 1.165) is 0 Å². The van der Waals surface area contributed by atoms with Crippen LogP contribution in [-0.2, 0) is 14.9 Å². The van der Waals surface area contributed by atoms with E-state index in [1.807, 2.05) is 0 Å². The van der Waals surface area contributed by atoms with Gasteiger partial charge >= 0.3 is 22.3 Å². The highest BCUT2D eigenvalue weighted by Crippen LogP contribution is 2.34. The summed E-state index contributed by atoms with van der Waals surface area (Å²) in [7, 11) is -4.50. The van der Waals surface area contributed by atoms with Crippen molar-refractivity contribution in [3.63, 3.8) is 0 Å². The van der Waals surface area contributed by atoms with Gasteiger partial charge in [0.15, 0.2) is 5.69 Å². The molecule has 0 spiro atoms. The minimum absolute atomic E-state index is 0.129. The minimum Gasteiger partial charge on any atom is -0.456 e. The second-order valence-electron chi connectivity index (χ2n) is 7.76. The van der Waals surface area contributed by atoms with E-state index in [2.05, 4.69) is 5.10 Å². The first-order valence-electron chi connectivity index (χ1n) is 10.3. The van der Waals surface area contributed by atoms with Gasteiger partial charge in [0, 0.05) is 16.1 Å². The van der Waals surface area contributed by atoms with Crippen LogP contribution < -0.4 is 4.18 Å². The Kier molecular flexibility index (Phi) is 9.43. The van der Waals surface area contributed by atoms with Crippen molar-refractivity contribution in [2.75, 3.05) is 12.4 Å². The molecule has 0 aliphatic heterocycles. The van der Waals surface area contributed by atoms with E-state index in [0.29, 0.717) is 27.5 Å². The van der Waals surface area contributed by atoms with Gasteiger partial charge in [0.05, 0.1) is 28.6 Å². The molecule has 3 aromatic rings. The fraction of sp³-hybridized carbons (Fsp3) is 0.273. The molecule has 0 atom stereocenters. The van der Waals surface area contributed by atoms with Crippen molar-refractivity contribution >= 4 is 74.1 Å². The standard InChI is InChI=1S/C22H16Cl5F3N2O5S/c1-12-18(20(33)36-11-21(25,26)27)31-32(17-7-4-14(23)10-16(17)24)19(12)13-2-5-15(6-3-13)37-38(34,35)9-8-22(28,29)30/h2-7,10H,8-9,11H2,1H3. The molecule has 16 heteroatoms. The topological polar surface area (TPSA) is 87.5 Å². The number of hydrogen-bond donors (Lipinski definition) is 0. The summed E-state index contributed by atoms with van der Waals surface area (Å²) >= 11 is 29.3. The Hall–Kier alpha value is -1.89. The molecule has 0 bridgehead atoms. The molecule has 7 nitrogen and oxygen atoms in total. The quantitative estimate of drug-likeness (QED) is 0.144. The van der Waals surface area contributed by atoms with E-state index in [-0.39, 0.29) is 16.5 Å². The molecule has 0 radical (unpaired) electrons. The maximum absolute atomic E-state index is 12.7. The highest BCUT2D eigenvalue weighted by molar-refractivity contribution is 7.87. The van der Waals surface area contributed by atoms with Crippen LogP contribution in [-0.4, -0.2) is 46.5 Å². The average Bonchev–Trinajstić information content (AvgIpc) is 3.12. The van der Waals surface area contributed by atoms with Crippen LogP contribution in [0.1, 0.15) is 22.5 Å². The number of carbonyl (C=O) groups is 1. The first-order valence-corrected chi connectivity index (χ1v) is 13.8. The van der Waals surface area contributed by atoms with Crippen LogP contribution in [0, 0.1) is 6.92 Å². The summed E-state index contributed by atoms with van der Waals surface area (Å²) < 4.78 is 70.4. The zero-order chi connectivity index (χ0) is 28.5. The van der Waals surface area contributed by atoms with Gasteiger partial charge in [-0.15, -0.1) is 0 Å². The summed E-state index contributed by atoms with van der Waals surface area (Å²) in [6.07, 6.45) is -6.21. The summed E-state index contributed by atoms with van der Waals surface area (Å²) in [5.41, 5.74) is 1.31. The number of halogens is 8. The number of esters is 1. The van der Waals surface area contributed by atoms with Gasteiger partial charge < -0.3 is 8.92 Å². The van der Waals surface area contributed by atoms with Gasteiger partial charge in [0.2, 0.25) is 3.79 Å². The van der Waals surface area contributed by atoms with Crippen LogP contribution in [0.25, 0.3) is 16.9 Å². The summed E-state index contributed by atoms with van der Waals surface area (Å²) in [5, 5.41) is 4.87. The van der Waals surface area contributed by atoms with Crippen molar-refractivity contribution in [1.29, 1.82) is 0 Å². The van der Waals surface area contributed by atoms with Gasteiger partial charge in [0.25, 0.3) is 0 Å². The van der Waals surface area contributed by atoms with E-state index in [1.54, 1.807) is 19.1 Å². The maximum Gasteiger partial charge on any atom is 0.390 e. The maximum atomic E-state index is 12.7. The Morgan fingerprint density at radius 3 is 2.24 bits per heavy atom. The lowest BCUT2D eigenvalue weighted by Crippen LogP contribution is -2.20. The molecule has 2 aromatic carbocycles. The summed E-state index contributed by atoms with van der Waals surface area (Å²) in [5.74, 6) is -2.35. The summed E-state index contributed by atoms with van der Waals surface area (Å²) in [6.45, 7) is 1.02. The smallest absolute Gasteiger partial charge is 0.390 e. The molecule has 0 amide bonds. The molecule has 1 aromatic heterocycles. The normalized spacial score (nSPS) is 12.4. The molecule has 0 aliphatic carbocycles. The number of carbonyl (C=O) groups excluding carboxylic acids is 1. The Morgan fingerprint density at radius 1 is 1.05 bits per heavy atom. The van der Waals surface area contributed by atoms with Crippen LogP contribution in [0.3, 0.4) is 0 Å². The third kappa shape index (κ3) is 8.30. The predicted octanol–water partition coefficient (Wildman–Crippen LogP) is 7.34. The molecule has 206 valence electrons. The fourth-order valence-electron chi connectivity index (χ4n) is 3.17. The highest BCUT2D eigenvalue weighted by atomic mass is 35.6. The number of nitrogens with zero attached hydrogens (tertiary/aromatic N) is 2. The second-order valence-corrected chi connectivity index (χ2v) is 12.8. The second kappa shape index (κ2) is 11.7. The van der Waals surface area contributed by atoms with Gasteiger partial charge in [-0.05, 0) is 49.4 Å². The lowest BCUT2D eigenvalue weighted by molar-refractivity contribution is -0.130. The zero-order valence-electron chi connectivity index (χ0n) is 19.0. The fourth-order valence-corrected chi connectivity index (χ4v) is 4.79. The molecule has 0 aliphatic rings. The number of alkyl halides is 6. The van der Waals surface area contributed by atoms with Crippen molar-refractivity contribution in [3.05, 3.63) is 63.8 Å². The van der Waals surface area contributed by atoms with Gasteiger partial charge in [-0.25, -0.2) is 9.48 Å². The number of rotatable bonds is 8. The molecule has 0 N–H and O–H groups in total. The van der Waals surface area contributed by atoms with E-state index in [9.17, 15) is 26.4 Å². The zero-order valence-corrected chi connectivity index (χ0v) is 23.6. The van der Waals surface area contributed by atoms with Crippen LogP contribution in [0.4, 0.5) is 13.2 Å². The van der Waals surface area contributed by atoms with Crippen molar-refractivity contribution < 1.29 is 35.3 Å². The van der Waals surface area contributed by atoms with Crippen LogP contribution in [0.5, 0.6) is 5.75 Å². The van der Waals surface area contributed by atoms with Crippen LogP contribution in [0.2, 0.25) is 10.0 Å². The third-order valence-corrected chi connectivity index (χ3v) is 6.82. The van der Waals surface area contributed by atoms with E-state index < -0.39 is 44.8 Å². The highest BCUT2D eigenvalue weighted by Gasteiger charge is 2.31. The van der Waals surface area contributed by atoms with E-state index in [1.165, 1.54) is 35.0 Å². The van der Waals surface area contributed by atoms with Crippen molar-refractivity contribution in [2.45, 2.75) is 23.3 Å². The summed E-state index contributed by atoms with van der Waals surface area (Å²) in [6, 6.07) is 9.89. The molecule has 0 fully saturated rings. The third-order valence-electron chi connectivity index (χ3n) is 4.81. The Labute approximate surface area is 240 Å². The SMILES string of the molecule is Cc1c(C(=O)OCC(Cl)(Cl)Cl)nn(-c2ccc(Cl)cc2Cl)c1-c1ccc(OS(=O)(=O)CCC(F)(F)F)cc1. The molecule has 0 unspecified atom stereocenters. The van der Waals surface area contributed by atoms with E-state index in [4.69, 9.17) is 66.9 Å². The van der Waals surface area contributed by atoms with Crippen molar-refractivity contribution in [3.8, 4) is 22.7 Å². The van der Waals surface area contributed by atoms with Crippen molar-refractivity contribution in [1.82, 2.24) is 9.78 Å². The number of aromatic nitrogens is 2. The van der Waals surface area contributed by atoms with Crippen LogP contribution >= 0.6 is 58.0 Å². The van der Waals surface area contributed by atoms with Gasteiger partial charge in [-0.2, -0.15) is 26.7 Å². The number of hydrogen-bond acceptors (Lipinski definition) is 6. The Balaban J connectivity index is 2.01. The molecule has 0 saturated heterocycles. The molecular weight excluding hydrogens is 639 g/mol. The van der Waals surface area contributed by atoms with Gasteiger partial charge in [0.1, 0.15) is 12.4 Å². The number of ether oxygens (including phenoxy) is 1. The lowest BCUT2D eigenvalue weighted by atomic mass is 10.1. The molecule has 3 rings (SSSR count). The molecule has 1 heterocycles. The van der Waals surface area contributed by atoms with Crippen LogP contribution in [0.15, 0.2) is 42.5 Å². The first kappa shape index (κ1) is 30.6. The Bertz CT molecular complexity index is 1440. The van der Waals surface area contributed by atoms with Gasteiger partial charge in [-0.3, -0.25) is 0 Å². The molecular formula is C22H16Cl5F3N2O5S. The monoisotopic (exact) mass is 652 g/mol. The van der Waals surface area contributed by atoms with E-state index >= 15 is 0 Å². The average molecular weight is 655 g/mol. The minimum atomic E-state index is -4.66. The molecule has 0 saturated carbocycles. The molecule has 38 heavy (non-hydrogen) atoms. The number of benzene rings is 2. The van der Waals surface area contributed by atoms with Gasteiger partial charge in [-0.1, -0.05) is 58.0 Å². The Morgan fingerprint density at radius 2 is 1.68 bits per heavy atom.